The van der Waals surface area contributed by atoms with Crippen LogP contribution < -0.4 is 9.47 Å². The maximum absolute atomic E-state index is 14.8. The van der Waals surface area contributed by atoms with Crippen molar-refractivity contribution in [1.82, 2.24) is 0 Å². The third-order valence-corrected chi connectivity index (χ3v) is 4.25. The maximum Gasteiger partial charge on any atom is 0.338 e. The van der Waals surface area contributed by atoms with Gasteiger partial charge in [-0.15, -0.1) is 0 Å². The summed E-state index contributed by atoms with van der Waals surface area (Å²) in [5.41, 5.74) is 2.66. The second kappa shape index (κ2) is 8.70. The first-order chi connectivity index (χ1) is 12.4. The van der Waals surface area contributed by atoms with E-state index in [1.807, 2.05) is 13.8 Å². The van der Waals surface area contributed by atoms with Gasteiger partial charge in [0.1, 0.15) is 17.3 Å². The van der Waals surface area contributed by atoms with Gasteiger partial charge in [0.15, 0.2) is 0 Å². The number of unbranched alkanes of at least 4 members (excludes halogenated alkanes) is 1. The molecule has 140 valence electrons. The van der Waals surface area contributed by atoms with Gasteiger partial charge in [0.05, 0.1) is 26.4 Å². The van der Waals surface area contributed by atoms with Crippen LogP contribution in [0.3, 0.4) is 0 Å². The fourth-order valence-corrected chi connectivity index (χ4v) is 2.76. The molecule has 0 radical (unpaired) electrons. The molecule has 0 aliphatic rings. The second-order valence-corrected chi connectivity index (χ2v) is 6.16. The highest BCUT2D eigenvalue weighted by atomic mass is 19.1. The summed E-state index contributed by atoms with van der Waals surface area (Å²) in [5, 5.41) is 0. The van der Waals surface area contributed by atoms with Crippen LogP contribution in [0.5, 0.6) is 11.5 Å². The lowest BCUT2D eigenvalue weighted by atomic mass is 9.95. The summed E-state index contributed by atoms with van der Waals surface area (Å²) in [6.07, 6.45) is 1.92. The summed E-state index contributed by atoms with van der Waals surface area (Å²) in [7, 11) is 2.82. The van der Waals surface area contributed by atoms with Crippen LogP contribution >= 0.6 is 0 Å². The lowest BCUT2D eigenvalue weighted by Gasteiger charge is -2.16. The summed E-state index contributed by atoms with van der Waals surface area (Å²) in [4.78, 5) is 12.2. The normalized spacial score (nSPS) is 10.5. The van der Waals surface area contributed by atoms with E-state index in [0.717, 1.165) is 24.0 Å². The number of halogens is 1. The molecule has 0 saturated heterocycles. The number of rotatable bonds is 7. The maximum atomic E-state index is 14.8. The predicted molar refractivity (Wildman–Crippen MR) is 99.6 cm³/mol. The van der Waals surface area contributed by atoms with Gasteiger partial charge in [-0.3, -0.25) is 0 Å². The molecular formula is C21H25FO4. The van der Waals surface area contributed by atoms with Gasteiger partial charge in [0, 0.05) is 11.6 Å². The molecule has 0 fully saturated rings. The molecule has 2 aromatic carbocycles. The van der Waals surface area contributed by atoms with Crippen LogP contribution in [0.15, 0.2) is 24.3 Å². The first-order valence-electron chi connectivity index (χ1n) is 8.63. The average Bonchev–Trinajstić information content (AvgIpc) is 2.63. The van der Waals surface area contributed by atoms with Gasteiger partial charge < -0.3 is 14.2 Å². The molecular weight excluding hydrogens is 335 g/mol. The Morgan fingerprint density at radius 3 is 2.27 bits per heavy atom. The van der Waals surface area contributed by atoms with E-state index < -0.39 is 11.8 Å². The standard InChI is InChI=1S/C21H25FO4/c1-6-7-8-26-20-12-18(22)16(10-14(20)3)15-9-13(2)19(24-4)11-17(15)21(23)25-5/h9-12H,6-8H2,1-5H3. The Hall–Kier alpha value is -2.56. The number of carbonyl (C=O) groups is 1. The van der Waals surface area contributed by atoms with Gasteiger partial charge in [-0.2, -0.15) is 0 Å². The Balaban J connectivity index is 2.55. The zero-order chi connectivity index (χ0) is 19.3. The molecule has 0 aromatic heterocycles. The summed E-state index contributed by atoms with van der Waals surface area (Å²) in [6, 6.07) is 6.39. The molecule has 0 spiro atoms. The predicted octanol–water partition coefficient (Wildman–Crippen LogP) is 5.08. The highest BCUT2D eigenvalue weighted by Gasteiger charge is 2.20. The first-order valence-corrected chi connectivity index (χ1v) is 8.63. The fourth-order valence-electron chi connectivity index (χ4n) is 2.76. The number of carbonyl (C=O) groups excluding carboxylic acids is 1. The van der Waals surface area contributed by atoms with E-state index in [0.29, 0.717) is 29.2 Å². The Bertz CT molecular complexity index is 799. The van der Waals surface area contributed by atoms with Crippen molar-refractivity contribution in [2.45, 2.75) is 33.6 Å². The highest BCUT2D eigenvalue weighted by Crippen LogP contribution is 2.35. The zero-order valence-electron chi connectivity index (χ0n) is 15.9. The van der Waals surface area contributed by atoms with Gasteiger partial charge in [-0.25, -0.2) is 9.18 Å². The number of methoxy groups -OCH3 is 2. The van der Waals surface area contributed by atoms with Gasteiger partial charge in [0.2, 0.25) is 0 Å². The molecule has 0 aliphatic heterocycles. The molecule has 4 nitrogen and oxygen atoms in total. The van der Waals surface area contributed by atoms with Crippen molar-refractivity contribution in [2.24, 2.45) is 0 Å². The van der Waals surface area contributed by atoms with Crippen molar-refractivity contribution in [3.63, 3.8) is 0 Å². The van der Waals surface area contributed by atoms with Crippen LogP contribution in [0.1, 0.15) is 41.3 Å². The monoisotopic (exact) mass is 360 g/mol. The van der Waals surface area contributed by atoms with E-state index in [-0.39, 0.29) is 5.56 Å². The van der Waals surface area contributed by atoms with Gasteiger partial charge in [-0.05, 0) is 55.2 Å². The Morgan fingerprint density at radius 2 is 1.65 bits per heavy atom. The summed E-state index contributed by atoms with van der Waals surface area (Å²) in [5.74, 6) is 0.0748. The van der Waals surface area contributed by atoms with E-state index in [4.69, 9.17) is 14.2 Å². The van der Waals surface area contributed by atoms with Crippen molar-refractivity contribution >= 4 is 5.97 Å². The Labute approximate surface area is 153 Å². The summed E-state index contributed by atoms with van der Waals surface area (Å²) < 4.78 is 30.6. The molecule has 0 amide bonds. The molecule has 0 saturated carbocycles. The number of ether oxygens (including phenoxy) is 3. The minimum absolute atomic E-state index is 0.257. The topological polar surface area (TPSA) is 44.8 Å². The van der Waals surface area contributed by atoms with Crippen molar-refractivity contribution in [3.8, 4) is 22.6 Å². The molecule has 5 heteroatoms. The third kappa shape index (κ3) is 4.15. The average molecular weight is 360 g/mol. The Kier molecular flexibility index (Phi) is 6.61. The molecule has 26 heavy (non-hydrogen) atoms. The molecule has 0 bridgehead atoms. The van der Waals surface area contributed by atoms with Crippen LogP contribution in [-0.2, 0) is 4.74 Å². The van der Waals surface area contributed by atoms with Crippen LogP contribution in [0.4, 0.5) is 4.39 Å². The zero-order valence-corrected chi connectivity index (χ0v) is 15.9. The largest absolute Gasteiger partial charge is 0.496 e. The van der Waals surface area contributed by atoms with Crippen molar-refractivity contribution in [2.75, 3.05) is 20.8 Å². The quantitative estimate of drug-likeness (QED) is 0.510. The molecule has 0 aliphatic carbocycles. The van der Waals surface area contributed by atoms with Gasteiger partial charge >= 0.3 is 5.97 Å². The van der Waals surface area contributed by atoms with Gasteiger partial charge in [-0.1, -0.05) is 13.3 Å². The molecule has 0 atom stereocenters. The van der Waals surface area contributed by atoms with Crippen LogP contribution in [-0.4, -0.2) is 26.8 Å². The van der Waals surface area contributed by atoms with E-state index in [1.165, 1.54) is 20.3 Å². The van der Waals surface area contributed by atoms with Crippen molar-refractivity contribution in [1.29, 1.82) is 0 Å². The number of benzene rings is 2. The molecule has 0 heterocycles. The molecule has 2 rings (SSSR count). The fraction of sp³-hybridized carbons (Fsp3) is 0.381. The van der Waals surface area contributed by atoms with Gasteiger partial charge in [0.25, 0.3) is 0 Å². The minimum Gasteiger partial charge on any atom is -0.496 e. The smallest absolute Gasteiger partial charge is 0.338 e. The van der Waals surface area contributed by atoms with E-state index in [1.54, 1.807) is 18.2 Å². The molecule has 0 unspecified atom stereocenters. The van der Waals surface area contributed by atoms with Crippen LogP contribution in [0.2, 0.25) is 0 Å². The number of aryl methyl sites for hydroxylation is 2. The number of esters is 1. The highest BCUT2D eigenvalue weighted by molar-refractivity contribution is 5.98. The van der Waals surface area contributed by atoms with Crippen molar-refractivity contribution in [3.05, 3.63) is 46.8 Å². The second-order valence-electron chi connectivity index (χ2n) is 6.16. The third-order valence-electron chi connectivity index (χ3n) is 4.25. The lowest BCUT2D eigenvalue weighted by Crippen LogP contribution is -2.06. The van der Waals surface area contributed by atoms with Crippen LogP contribution in [0.25, 0.3) is 11.1 Å². The minimum atomic E-state index is -0.543. The van der Waals surface area contributed by atoms with E-state index >= 15 is 0 Å². The van der Waals surface area contributed by atoms with E-state index in [2.05, 4.69) is 6.92 Å². The number of hydrogen-bond acceptors (Lipinski definition) is 4. The summed E-state index contributed by atoms with van der Waals surface area (Å²) in [6.45, 7) is 6.32. The summed E-state index contributed by atoms with van der Waals surface area (Å²) >= 11 is 0. The SMILES string of the molecule is CCCCOc1cc(F)c(-c2cc(C)c(OC)cc2C(=O)OC)cc1C. The Morgan fingerprint density at radius 1 is 1.00 bits per heavy atom. The molecule has 0 N–H and O–H groups in total. The first kappa shape index (κ1) is 19.8. The van der Waals surface area contributed by atoms with E-state index in [9.17, 15) is 9.18 Å². The number of hydrogen-bond donors (Lipinski definition) is 0. The van der Waals surface area contributed by atoms with Crippen LogP contribution in [0, 0.1) is 19.7 Å². The van der Waals surface area contributed by atoms with Crippen molar-refractivity contribution < 1.29 is 23.4 Å². The molecule has 2 aromatic rings. The lowest BCUT2D eigenvalue weighted by molar-refractivity contribution is 0.0601.